The minimum atomic E-state index is -0.671. The molecule has 0 saturated carbocycles. The number of hydrogen-bond donors (Lipinski definition) is 3. The number of carbonyl (C=O) groups is 2. The van der Waals surface area contributed by atoms with E-state index in [0.717, 1.165) is 57.8 Å². The number of unbranched alkanes of at least 4 members (excludes halogenated alkanes) is 40. The Morgan fingerprint density at radius 1 is 0.424 bits per heavy atom. The molecular weight excluding hydrogens is 815 g/mol. The van der Waals surface area contributed by atoms with Gasteiger partial charge in [0.25, 0.3) is 0 Å². The Kier molecular flexibility index (Phi) is 54.5. The lowest BCUT2D eigenvalue weighted by Gasteiger charge is -2.22. The summed E-state index contributed by atoms with van der Waals surface area (Å²) in [6, 6.07) is -0.549. The summed E-state index contributed by atoms with van der Waals surface area (Å²) in [7, 11) is 0. The average Bonchev–Trinajstić information content (AvgIpc) is 3.32. The van der Waals surface area contributed by atoms with Gasteiger partial charge in [-0.15, -0.1) is 0 Å². The third kappa shape index (κ3) is 51.7. The number of ether oxygens (including phenoxy) is 1. The standard InChI is InChI=1S/C60H115NO5/c1-3-5-7-9-11-13-15-17-19-20-21-22-23-25-28-32-36-40-44-48-52-58(63)57(56-62)61-59(64)53-49-45-41-37-33-29-26-24-27-31-35-39-43-47-51-55-66-60(65)54-50-46-42-38-34-30-18-16-14-12-10-8-6-4-2/h10,12,16,18,57-58,62-63H,3-9,11,13-15,17,19-56H2,1-2H3,(H,61,64)/b12-10-,18-16-. The number of aliphatic hydroxyl groups excluding tert-OH is 2. The van der Waals surface area contributed by atoms with E-state index in [2.05, 4.69) is 43.5 Å². The van der Waals surface area contributed by atoms with Crippen molar-refractivity contribution in [2.75, 3.05) is 13.2 Å². The Morgan fingerprint density at radius 3 is 1.20 bits per heavy atom. The van der Waals surface area contributed by atoms with Crippen LogP contribution in [0.5, 0.6) is 0 Å². The molecule has 3 N–H and O–H groups in total. The van der Waals surface area contributed by atoms with Crippen LogP contribution < -0.4 is 5.32 Å². The number of hydrogen-bond acceptors (Lipinski definition) is 5. The molecule has 0 rings (SSSR count). The van der Waals surface area contributed by atoms with Crippen LogP contribution in [0.15, 0.2) is 24.3 Å². The molecule has 0 aliphatic rings. The van der Waals surface area contributed by atoms with Crippen LogP contribution in [0, 0.1) is 0 Å². The molecule has 6 heteroatoms. The lowest BCUT2D eigenvalue weighted by Crippen LogP contribution is -2.45. The van der Waals surface area contributed by atoms with E-state index < -0.39 is 12.1 Å². The van der Waals surface area contributed by atoms with E-state index in [1.165, 1.54) is 231 Å². The number of allylic oxidation sites excluding steroid dienone is 4. The monoisotopic (exact) mass is 930 g/mol. The predicted octanol–water partition coefficient (Wildman–Crippen LogP) is 18.2. The molecule has 0 aromatic carbocycles. The Balaban J connectivity index is 3.44. The molecular formula is C60H115NO5. The third-order valence-corrected chi connectivity index (χ3v) is 13.8. The molecule has 0 heterocycles. The third-order valence-electron chi connectivity index (χ3n) is 13.8. The van der Waals surface area contributed by atoms with Crippen molar-refractivity contribution in [3.05, 3.63) is 24.3 Å². The maximum absolute atomic E-state index is 12.5. The summed E-state index contributed by atoms with van der Waals surface area (Å²) in [6.45, 7) is 4.91. The van der Waals surface area contributed by atoms with E-state index in [1.807, 2.05) is 0 Å². The molecule has 0 spiro atoms. The van der Waals surface area contributed by atoms with Crippen molar-refractivity contribution in [3.63, 3.8) is 0 Å². The van der Waals surface area contributed by atoms with Crippen LogP contribution in [-0.4, -0.2) is 47.4 Å². The molecule has 6 nitrogen and oxygen atoms in total. The number of esters is 1. The Morgan fingerprint density at radius 2 is 0.773 bits per heavy atom. The smallest absolute Gasteiger partial charge is 0.305 e. The molecule has 0 fully saturated rings. The molecule has 2 unspecified atom stereocenters. The van der Waals surface area contributed by atoms with E-state index in [-0.39, 0.29) is 18.5 Å². The van der Waals surface area contributed by atoms with E-state index >= 15 is 0 Å². The zero-order valence-corrected chi connectivity index (χ0v) is 44.4. The van der Waals surface area contributed by atoms with Crippen molar-refractivity contribution < 1.29 is 24.5 Å². The molecule has 66 heavy (non-hydrogen) atoms. The van der Waals surface area contributed by atoms with E-state index in [0.29, 0.717) is 25.9 Å². The van der Waals surface area contributed by atoms with Crippen LogP contribution in [0.2, 0.25) is 0 Å². The zero-order valence-electron chi connectivity index (χ0n) is 44.4. The van der Waals surface area contributed by atoms with Crippen LogP contribution in [-0.2, 0) is 14.3 Å². The Labute approximate surface area is 411 Å². The van der Waals surface area contributed by atoms with E-state index in [4.69, 9.17) is 4.74 Å². The molecule has 0 aromatic rings. The van der Waals surface area contributed by atoms with Gasteiger partial charge in [0.05, 0.1) is 25.4 Å². The summed E-state index contributed by atoms with van der Waals surface area (Å²) in [5.41, 5.74) is 0. The van der Waals surface area contributed by atoms with Gasteiger partial charge in [-0.2, -0.15) is 0 Å². The summed E-state index contributed by atoms with van der Waals surface area (Å²) in [4.78, 5) is 24.5. The van der Waals surface area contributed by atoms with Crippen LogP contribution in [0.25, 0.3) is 0 Å². The lowest BCUT2D eigenvalue weighted by molar-refractivity contribution is -0.143. The summed E-state index contributed by atoms with van der Waals surface area (Å²) in [6.07, 6.45) is 67.4. The van der Waals surface area contributed by atoms with Crippen molar-refractivity contribution in [2.45, 2.75) is 334 Å². The fraction of sp³-hybridized carbons (Fsp3) is 0.900. The van der Waals surface area contributed by atoms with Gasteiger partial charge in [-0.3, -0.25) is 9.59 Å². The number of amides is 1. The molecule has 390 valence electrons. The highest BCUT2D eigenvalue weighted by atomic mass is 16.5. The van der Waals surface area contributed by atoms with E-state index in [1.54, 1.807) is 0 Å². The molecule has 0 aromatic heterocycles. The van der Waals surface area contributed by atoms with Gasteiger partial charge in [-0.25, -0.2) is 0 Å². The van der Waals surface area contributed by atoms with Gasteiger partial charge in [0, 0.05) is 12.8 Å². The van der Waals surface area contributed by atoms with Crippen molar-refractivity contribution >= 4 is 11.9 Å². The van der Waals surface area contributed by atoms with Gasteiger partial charge >= 0.3 is 5.97 Å². The first-order valence-corrected chi connectivity index (χ1v) is 29.6. The number of aliphatic hydroxyl groups is 2. The highest BCUT2D eigenvalue weighted by Gasteiger charge is 2.20. The topological polar surface area (TPSA) is 95.9 Å². The van der Waals surface area contributed by atoms with Gasteiger partial charge in [-0.1, -0.05) is 282 Å². The van der Waals surface area contributed by atoms with Crippen molar-refractivity contribution in [1.82, 2.24) is 5.32 Å². The predicted molar refractivity (Wildman–Crippen MR) is 287 cm³/mol. The summed E-state index contributed by atoms with van der Waals surface area (Å²) >= 11 is 0. The van der Waals surface area contributed by atoms with Crippen LogP contribution in [0.3, 0.4) is 0 Å². The Bertz CT molecular complexity index is 1030. The Hall–Kier alpha value is -1.66. The quantitative estimate of drug-likeness (QED) is 0.0321. The maximum Gasteiger partial charge on any atom is 0.305 e. The molecule has 0 radical (unpaired) electrons. The van der Waals surface area contributed by atoms with Crippen LogP contribution in [0.1, 0.15) is 322 Å². The van der Waals surface area contributed by atoms with Gasteiger partial charge < -0.3 is 20.3 Å². The lowest BCUT2D eigenvalue weighted by atomic mass is 10.0. The van der Waals surface area contributed by atoms with Crippen molar-refractivity contribution in [2.24, 2.45) is 0 Å². The first-order valence-electron chi connectivity index (χ1n) is 29.6. The first-order chi connectivity index (χ1) is 32.5. The van der Waals surface area contributed by atoms with Gasteiger partial charge in [-0.05, 0) is 51.4 Å². The fourth-order valence-corrected chi connectivity index (χ4v) is 9.19. The highest BCUT2D eigenvalue weighted by molar-refractivity contribution is 5.76. The molecule has 0 bridgehead atoms. The first kappa shape index (κ1) is 64.3. The summed E-state index contributed by atoms with van der Waals surface area (Å²) < 4.78 is 5.46. The molecule has 0 aliphatic heterocycles. The van der Waals surface area contributed by atoms with Crippen LogP contribution >= 0.6 is 0 Å². The van der Waals surface area contributed by atoms with Crippen molar-refractivity contribution in [3.8, 4) is 0 Å². The number of carbonyl (C=O) groups excluding carboxylic acids is 2. The van der Waals surface area contributed by atoms with Gasteiger partial charge in [0.1, 0.15) is 0 Å². The minimum Gasteiger partial charge on any atom is -0.466 e. The maximum atomic E-state index is 12.5. The van der Waals surface area contributed by atoms with E-state index in [9.17, 15) is 19.8 Å². The summed E-state index contributed by atoms with van der Waals surface area (Å²) in [5.74, 6) is -0.0546. The normalized spacial score (nSPS) is 12.7. The minimum absolute atomic E-state index is 0.0133. The second kappa shape index (κ2) is 55.9. The number of nitrogens with one attached hydrogen (secondary N) is 1. The van der Waals surface area contributed by atoms with Crippen molar-refractivity contribution in [1.29, 1.82) is 0 Å². The van der Waals surface area contributed by atoms with Gasteiger partial charge in [0.15, 0.2) is 0 Å². The van der Waals surface area contributed by atoms with Crippen LogP contribution in [0.4, 0.5) is 0 Å². The molecule has 0 aliphatic carbocycles. The molecule has 0 saturated heterocycles. The summed E-state index contributed by atoms with van der Waals surface area (Å²) in [5, 5.41) is 23.3. The fourth-order valence-electron chi connectivity index (χ4n) is 9.19. The second-order valence-electron chi connectivity index (χ2n) is 20.3. The zero-order chi connectivity index (χ0) is 47.9. The molecule has 2 atom stereocenters. The number of rotatable bonds is 55. The average molecular weight is 931 g/mol. The van der Waals surface area contributed by atoms with Gasteiger partial charge in [0.2, 0.25) is 5.91 Å². The highest BCUT2D eigenvalue weighted by Crippen LogP contribution is 2.18. The SMILES string of the molecule is CCCC/C=C\C/C=C\CCCCCCCC(=O)OCCCCCCCCCCCCCCCCCC(=O)NC(CO)C(O)CCCCCCCCCCCCCCCCCCCCCC. The largest absolute Gasteiger partial charge is 0.466 e. The molecule has 1 amide bonds. The second-order valence-corrected chi connectivity index (χ2v) is 20.3.